The van der Waals surface area contributed by atoms with Crippen molar-refractivity contribution in [3.8, 4) is 11.4 Å². The molecule has 0 atom stereocenters. The highest BCUT2D eigenvalue weighted by Gasteiger charge is 2.30. The lowest BCUT2D eigenvalue weighted by molar-refractivity contribution is -0.744. The molecule has 0 aromatic carbocycles. The first-order chi connectivity index (χ1) is 10.0. The van der Waals surface area contributed by atoms with Crippen LogP contribution < -0.4 is 4.57 Å². The van der Waals surface area contributed by atoms with Gasteiger partial charge in [-0.05, 0) is 26.0 Å². The highest BCUT2D eigenvalue weighted by molar-refractivity contribution is 5.52. The molecule has 3 heteroatoms. The molecule has 0 saturated carbocycles. The van der Waals surface area contributed by atoms with Crippen LogP contribution in [-0.2, 0) is 11.0 Å². The van der Waals surface area contributed by atoms with Crippen molar-refractivity contribution in [2.45, 2.75) is 72.4 Å². The summed E-state index contributed by atoms with van der Waals surface area (Å²) in [7, 11) is 0. The minimum atomic E-state index is 0.0323. The van der Waals surface area contributed by atoms with Gasteiger partial charge < -0.3 is 0 Å². The highest BCUT2D eigenvalue weighted by Crippen LogP contribution is 2.28. The lowest BCUT2D eigenvalue weighted by Crippen LogP contribution is -2.51. The van der Waals surface area contributed by atoms with Crippen LogP contribution in [0.3, 0.4) is 0 Å². The predicted molar refractivity (Wildman–Crippen MR) is 91.9 cm³/mol. The maximum absolute atomic E-state index is 4.88. The first-order valence-electron chi connectivity index (χ1n) is 8.13. The van der Waals surface area contributed by atoms with E-state index in [-0.39, 0.29) is 11.0 Å². The summed E-state index contributed by atoms with van der Waals surface area (Å²) in [6.07, 6.45) is 2.16. The molecule has 120 valence electrons. The van der Waals surface area contributed by atoms with Crippen LogP contribution in [0.2, 0.25) is 0 Å². The second-order valence-electron chi connectivity index (χ2n) is 8.33. The number of hydrogen-bond donors (Lipinski definition) is 0. The van der Waals surface area contributed by atoms with Crippen molar-refractivity contribution in [1.29, 1.82) is 0 Å². The summed E-state index contributed by atoms with van der Waals surface area (Å²) in [5, 5.41) is 4.88. The van der Waals surface area contributed by atoms with Gasteiger partial charge in [-0.2, -0.15) is 9.67 Å². The highest BCUT2D eigenvalue weighted by atomic mass is 15.3. The van der Waals surface area contributed by atoms with Crippen LogP contribution in [0.1, 0.15) is 67.1 Å². The van der Waals surface area contributed by atoms with Crippen LogP contribution in [0, 0.1) is 0 Å². The standard InChI is InChI=1S/C19H30N3/c1-14(2)22-16(13-17(20-22)18(3,4)5)15-11-9-10-12-21(15)19(6,7)8/h9-14H,1-8H3/q+1. The smallest absolute Gasteiger partial charge is 0.231 e. The lowest BCUT2D eigenvalue weighted by Gasteiger charge is -2.17. The topological polar surface area (TPSA) is 21.7 Å². The van der Waals surface area contributed by atoms with Gasteiger partial charge in [0.15, 0.2) is 11.7 Å². The van der Waals surface area contributed by atoms with Crippen LogP contribution in [0.15, 0.2) is 30.5 Å². The normalized spacial score (nSPS) is 13.0. The van der Waals surface area contributed by atoms with Gasteiger partial charge in [0.25, 0.3) is 0 Å². The van der Waals surface area contributed by atoms with Crippen molar-refractivity contribution >= 4 is 0 Å². The second-order valence-corrected chi connectivity index (χ2v) is 8.33. The third-order valence-corrected chi connectivity index (χ3v) is 3.84. The molecule has 0 fully saturated rings. The van der Waals surface area contributed by atoms with E-state index in [9.17, 15) is 0 Å². The molecule has 3 nitrogen and oxygen atoms in total. The van der Waals surface area contributed by atoms with Gasteiger partial charge >= 0.3 is 0 Å². The van der Waals surface area contributed by atoms with Gasteiger partial charge in [-0.25, -0.2) is 0 Å². The Labute approximate surface area is 135 Å². The SMILES string of the molecule is CC(C)n1nc(C(C)(C)C)cc1-c1cccc[n+]1C(C)(C)C. The molecule has 2 aromatic rings. The molecule has 0 radical (unpaired) electrons. The number of hydrogen-bond acceptors (Lipinski definition) is 1. The molecule has 2 aromatic heterocycles. The third kappa shape index (κ3) is 3.23. The van der Waals surface area contributed by atoms with E-state index in [4.69, 9.17) is 5.10 Å². The van der Waals surface area contributed by atoms with E-state index in [1.807, 2.05) is 0 Å². The number of pyridine rings is 1. The van der Waals surface area contributed by atoms with Gasteiger partial charge in [0.05, 0.1) is 5.69 Å². The zero-order valence-electron chi connectivity index (χ0n) is 15.3. The van der Waals surface area contributed by atoms with Crippen LogP contribution in [-0.4, -0.2) is 9.78 Å². The average Bonchev–Trinajstić information content (AvgIpc) is 2.82. The van der Waals surface area contributed by atoms with Gasteiger partial charge in [0.2, 0.25) is 5.69 Å². The predicted octanol–water partition coefficient (Wildman–Crippen LogP) is 4.47. The van der Waals surface area contributed by atoms with Gasteiger partial charge in [-0.1, -0.05) is 20.8 Å². The summed E-state index contributed by atoms with van der Waals surface area (Å²) >= 11 is 0. The van der Waals surface area contributed by atoms with E-state index in [1.165, 1.54) is 11.4 Å². The fourth-order valence-electron chi connectivity index (χ4n) is 2.58. The Kier molecular flexibility index (Phi) is 4.20. The van der Waals surface area contributed by atoms with E-state index in [2.05, 4.69) is 95.1 Å². The molecule has 0 bridgehead atoms. The molecular formula is C19H30N3+. The van der Waals surface area contributed by atoms with Gasteiger partial charge in [-0.3, -0.25) is 4.68 Å². The Morgan fingerprint density at radius 1 is 1.05 bits per heavy atom. The number of nitrogens with zero attached hydrogens (tertiary/aromatic N) is 3. The van der Waals surface area contributed by atoms with Crippen LogP contribution in [0.25, 0.3) is 11.4 Å². The Hall–Kier alpha value is -1.64. The molecule has 0 spiro atoms. The fraction of sp³-hybridized carbons (Fsp3) is 0.579. The number of aromatic nitrogens is 3. The first kappa shape index (κ1) is 16.7. The van der Waals surface area contributed by atoms with Crippen molar-refractivity contribution in [1.82, 2.24) is 9.78 Å². The summed E-state index contributed by atoms with van der Waals surface area (Å²) in [4.78, 5) is 0. The molecule has 2 rings (SSSR count). The summed E-state index contributed by atoms with van der Waals surface area (Å²) in [5.41, 5.74) is 3.63. The Balaban J connectivity index is 2.70. The summed E-state index contributed by atoms with van der Waals surface area (Å²) in [6.45, 7) is 17.7. The largest absolute Gasteiger partial charge is 0.256 e. The summed E-state index contributed by atoms with van der Waals surface area (Å²) in [6, 6.07) is 8.96. The molecule has 22 heavy (non-hydrogen) atoms. The van der Waals surface area contributed by atoms with Crippen LogP contribution >= 0.6 is 0 Å². The van der Waals surface area contributed by atoms with E-state index in [0.717, 1.165) is 5.69 Å². The van der Waals surface area contributed by atoms with Gasteiger partial charge in [0, 0.05) is 44.4 Å². The molecule has 0 amide bonds. The molecule has 0 unspecified atom stereocenters. The summed E-state index contributed by atoms with van der Waals surface area (Å²) in [5.74, 6) is 0. The Morgan fingerprint density at radius 3 is 2.18 bits per heavy atom. The zero-order valence-corrected chi connectivity index (χ0v) is 15.3. The molecule has 0 aliphatic rings. The number of rotatable bonds is 2. The third-order valence-electron chi connectivity index (χ3n) is 3.84. The van der Waals surface area contributed by atoms with Gasteiger partial charge in [-0.15, -0.1) is 0 Å². The van der Waals surface area contributed by atoms with Crippen LogP contribution in [0.5, 0.6) is 0 Å². The monoisotopic (exact) mass is 300 g/mol. The maximum atomic E-state index is 4.88. The minimum Gasteiger partial charge on any atom is -0.256 e. The van der Waals surface area contributed by atoms with E-state index >= 15 is 0 Å². The van der Waals surface area contributed by atoms with E-state index in [1.54, 1.807) is 0 Å². The van der Waals surface area contributed by atoms with Crippen molar-refractivity contribution in [3.63, 3.8) is 0 Å². The molecular weight excluding hydrogens is 270 g/mol. The Morgan fingerprint density at radius 2 is 1.68 bits per heavy atom. The second kappa shape index (κ2) is 5.53. The van der Waals surface area contributed by atoms with E-state index in [0.29, 0.717) is 6.04 Å². The average molecular weight is 300 g/mol. The minimum absolute atomic E-state index is 0.0323. The van der Waals surface area contributed by atoms with Gasteiger partial charge in [0.1, 0.15) is 5.69 Å². The van der Waals surface area contributed by atoms with E-state index < -0.39 is 0 Å². The fourth-order valence-corrected chi connectivity index (χ4v) is 2.58. The maximum Gasteiger partial charge on any atom is 0.231 e. The zero-order chi connectivity index (χ0) is 16.7. The summed E-state index contributed by atoms with van der Waals surface area (Å²) < 4.78 is 4.48. The van der Waals surface area contributed by atoms with Crippen LogP contribution in [0.4, 0.5) is 0 Å². The molecule has 0 aliphatic heterocycles. The molecule has 0 saturated heterocycles. The van der Waals surface area contributed by atoms with Crippen molar-refractivity contribution in [2.75, 3.05) is 0 Å². The van der Waals surface area contributed by atoms with Crippen molar-refractivity contribution in [2.24, 2.45) is 0 Å². The van der Waals surface area contributed by atoms with Crippen molar-refractivity contribution in [3.05, 3.63) is 36.2 Å². The molecule has 2 heterocycles. The first-order valence-corrected chi connectivity index (χ1v) is 8.13. The Bertz CT molecular complexity index is 652. The molecule has 0 N–H and O–H groups in total. The lowest BCUT2D eigenvalue weighted by atomic mass is 9.92. The molecule has 0 aliphatic carbocycles. The quantitative estimate of drug-likeness (QED) is 0.750. The van der Waals surface area contributed by atoms with Crippen molar-refractivity contribution < 1.29 is 4.57 Å².